The van der Waals surface area contributed by atoms with Gasteiger partial charge in [0.1, 0.15) is 5.70 Å². The van der Waals surface area contributed by atoms with E-state index in [0.29, 0.717) is 16.9 Å². The fraction of sp³-hybridized carbons (Fsp3) is 0.407. The first-order valence-corrected chi connectivity index (χ1v) is 14.4. The van der Waals surface area contributed by atoms with Crippen molar-refractivity contribution in [2.75, 3.05) is 35.0 Å². The molecule has 0 spiro atoms. The average Bonchev–Trinajstić information content (AvgIpc) is 3.30. The monoisotopic (exact) mass is 574 g/mol. The second-order valence-electron chi connectivity index (χ2n) is 11.3. The number of methoxy groups -OCH3 is 1. The summed E-state index contributed by atoms with van der Waals surface area (Å²) in [7, 11) is -2.22. The zero-order chi connectivity index (χ0) is 30.0. The van der Waals surface area contributed by atoms with Gasteiger partial charge in [0.05, 0.1) is 42.2 Å². The van der Waals surface area contributed by atoms with Crippen molar-refractivity contribution in [2.45, 2.75) is 52.6 Å². The summed E-state index contributed by atoms with van der Waals surface area (Å²) in [5.74, 6) is -0.683. The summed E-state index contributed by atoms with van der Waals surface area (Å²) in [4.78, 5) is 25.9. The van der Waals surface area contributed by atoms with Crippen LogP contribution in [0, 0.1) is 6.92 Å². The van der Waals surface area contributed by atoms with Gasteiger partial charge in [-0.05, 0) is 61.6 Å². The Morgan fingerprint density at radius 1 is 1.05 bits per heavy atom. The number of benzene rings is 2. The van der Waals surface area contributed by atoms with Gasteiger partial charge in [-0.2, -0.15) is 0 Å². The minimum absolute atomic E-state index is 0.0703. The Morgan fingerprint density at radius 2 is 1.70 bits per heavy atom. The van der Waals surface area contributed by atoms with Crippen LogP contribution in [0.3, 0.4) is 0 Å². The minimum Gasteiger partial charge on any atom is -0.492 e. The van der Waals surface area contributed by atoms with Gasteiger partial charge in [-0.15, -0.1) is 5.53 Å². The molecule has 2 aromatic rings. The molecule has 1 heterocycles. The third-order valence-corrected chi connectivity index (χ3v) is 6.52. The standard InChI is InChI=1S/C27H38N6O6S/c1-16-9-10-17(11-22(16)33-14-21(30-32-33)25(35)28-15-27(5,6)36)24(34)29-19-12-18(26(2,3)4)13-20(23(19)39-7)31-40(8,37)38/h9-14,30-32,36H,15H2,1-8H3,(H,28,35)(H,29,34). The molecule has 0 saturated heterocycles. The second-order valence-corrected chi connectivity index (χ2v) is 13.1. The predicted molar refractivity (Wildman–Crippen MR) is 155 cm³/mol. The van der Waals surface area contributed by atoms with E-state index in [0.717, 1.165) is 17.4 Å². The third kappa shape index (κ3) is 7.87. The van der Waals surface area contributed by atoms with E-state index in [1.165, 1.54) is 7.11 Å². The van der Waals surface area contributed by atoms with Gasteiger partial charge in [-0.25, -0.2) is 8.42 Å². The Balaban J connectivity index is 1.91. The molecule has 0 aliphatic carbocycles. The molecule has 40 heavy (non-hydrogen) atoms. The van der Waals surface area contributed by atoms with Crippen molar-refractivity contribution in [3.63, 3.8) is 0 Å². The largest absolute Gasteiger partial charge is 0.492 e. The normalized spacial score (nSPS) is 13.8. The van der Waals surface area contributed by atoms with Crippen LogP contribution in [0.4, 0.5) is 17.1 Å². The number of carbonyl (C=O) groups is 2. The molecule has 12 nitrogen and oxygen atoms in total. The molecule has 2 aromatic carbocycles. The molecule has 0 unspecified atom stereocenters. The first-order chi connectivity index (χ1) is 18.4. The van der Waals surface area contributed by atoms with Gasteiger partial charge in [0.2, 0.25) is 10.0 Å². The van der Waals surface area contributed by atoms with Crippen LogP contribution in [-0.4, -0.2) is 50.9 Å². The molecule has 13 heteroatoms. The van der Waals surface area contributed by atoms with E-state index in [-0.39, 0.29) is 29.1 Å². The Kier molecular flexibility index (Phi) is 8.72. The van der Waals surface area contributed by atoms with Crippen LogP contribution in [0.5, 0.6) is 5.75 Å². The van der Waals surface area contributed by atoms with E-state index in [1.54, 1.807) is 55.4 Å². The van der Waals surface area contributed by atoms with Crippen molar-refractivity contribution in [3.05, 3.63) is 58.9 Å². The molecule has 0 aromatic heterocycles. The zero-order valence-corrected chi connectivity index (χ0v) is 24.8. The number of ether oxygens (including phenoxy) is 1. The fourth-order valence-corrected chi connectivity index (χ4v) is 4.36. The number of hydrazine groups is 2. The maximum atomic E-state index is 13.4. The van der Waals surface area contributed by atoms with E-state index in [1.807, 2.05) is 27.7 Å². The molecular formula is C27H38N6O6S. The molecule has 1 aliphatic rings. The van der Waals surface area contributed by atoms with E-state index in [9.17, 15) is 23.1 Å². The molecule has 1 aliphatic heterocycles. The highest BCUT2D eigenvalue weighted by Gasteiger charge is 2.25. The van der Waals surface area contributed by atoms with Crippen LogP contribution in [0.15, 0.2) is 42.2 Å². The van der Waals surface area contributed by atoms with E-state index >= 15 is 0 Å². The Bertz CT molecular complexity index is 1440. The quantitative estimate of drug-likeness (QED) is 0.264. The topological polar surface area (TPSA) is 161 Å². The van der Waals surface area contributed by atoms with Gasteiger partial charge in [-0.1, -0.05) is 26.8 Å². The van der Waals surface area contributed by atoms with Gasteiger partial charge in [0.15, 0.2) is 5.75 Å². The van der Waals surface area contributed by atoms with Crippen molar-refractivity contribution >= 4 is 38.9 Å². The maximum absolute atomic E-state index is 13.4. The highest BCUT2D eigenvalue weighted by atomic mass is 32.2. The Hall–Kier alpha value is -3.81. The molecule has 0 saturated carbocycles. The number of nitrogens with one attached hydrogen (secondary N) is 5. The van der Waals surface area contributed by atoms with Crippen LogP contribution in [-0.2, 0) is 20.2 Å². The highest BCUT2D eigenvalue weighted by Crippen LogP contribution is 2.39. The first-order valence-electron chi connectivity index (χ1n) is 12.5. The van der Waals surface area contributed by atoms with Crippen molar-refractivity contribution in [2.24, 2.45) is 0 Å². The molecule has 0 atom stereocenters. The lowest BCUT2D eigenvalue weighted by Crippen LogP contribution is -2.42. The maximum Gasteiger partial charge on any atom is 0.270 e. The van der Waals surface area contributed by atoms with Crippen LogP contribution in [0.1, 0.15) is 56.1 Å². The fourth-order valence-electron chi connectivity index (χ4n) is 3.81. The molecular weight excluding hydrogens is 536 g/mol. The lowest BCUT2D eigenvalue weighted by molar-refractivity contribution is -0.118. The summed E-state index contributed by atoms with van der Waals surface area (Å²) >= 11 is 0. The Morgan fingerprint density at radius 3 is 2.27 bits per heavy atom. The predicted octanol–water partition coefficient (Wildman–Crippen LogP) is 2.48. The molecule has 6 N–H and O–H groups in total. The van der Waals surface area contributed by atoms with Gasteiger partial charge in [-0.3, -0.25) is 24.7 Å². The Labute approximate surface area is 235 Å². The average molecular weight is 575 g/mol. The summed E-state index contributed by atoms with van der Waals surface area (Å²) in [6.45, 7) is 11.0. The van der Waals surface area contributed by atoms with Crippen LogP contribution >= 0.6 is 0 Å². The number of aliphatic hydroxyl groups is 1. The number of sulfonamides is 1. The molecule has 0 fully saturated rings. The van der Waals surface area contributed by atoms with Gasteiger partial charge < -0.3 is 20.5 Å². The molecule has 0 radical (unpaired) electrons. The minimum atomic E-state index is -3.62. The van der Waals surface area contributed by atoms with Crippen molar-refractivity contribution < 1.29 is 27.9 Å². The SMILES string of the molecule is COc1c(NC(=O)c2ccc(C)c(N3C=C(C(=O)NCC(C)(C)O)NN3)c2)cc(C(C)(C)C)cc1NS(C)(=O)=O. The number of amides is 2. The summed E-state index contributed by atoms with van der Waals surface area (Å²) in [6, 6.07) is 8.53. The lowest BCUT2D eigenvalue weighted by atomic mass is 9.86. The summed E-state index contributed by atoms with van der Waals surface area (Å²) in [5.41, 5.74) is 7.54. The van der Waals surface area contributed by atoms with E-state index < -0.39 is 27.4 Å². The number of aryl methyl sites for hydroxylation is 1. The van der Waals surface area contributed by atoms with Crippen molar-refractivity contribution in [1.29, 1.82) is 0 Å². The van der Waals surface area contributed by atoms with E-state index in [4.69, 9.17) is 4.74 Å². The third-order valence-electron chi connectivity index (χ3n) is 5.93. The highest BCUT2D eigenvalue weighted by molar-refractivity contribution is 7.92. The number of carbonyl (C=O) groups excluding carboxylic acids is 2. The second kappa shape index (κ2) is 11.4. The number of nitrogens with zero attached hydrogens (tertiary/aromatic N) is 1. The molecule has 218 valence electrons. The summed E-state index contributed by atoms with van der Waals surface area (Å²) < 4.78 is 32.0. The van der Waals surface area contributed by atoms with Gasteiger partial charge >= 0.3 is 0 Å². The number of hydrogen-bond donors (Lipinski definition) is 6. The first kappa shape index (κ1) is 30.7. The molecule has 0 bridgehead atoms. The van der Waals surface area contributed by atoms with Gasteiger partial charge in [0, 0.05) is 12.1 Å². The number of anilines is 3. The van der Waals surface area contributed by atoms with Gasteiger partial charge in [0.25, 0.3) is 11.8 Å². The van der Waals surface area contributed by atoms with Crippen LogP contribution < -0.4 is 36.1 Å². The summed E-state index contributed by atoms with van der Waals surface area (Å²) in [6.07, 6.45) is 2.59. The van der Waals surface area contributed by atoms with Crippen LogP contribution in [0.25, 0.3) is 0 Å². The zero-order valence-electron chi connectivity index (χ0n) is 24.0. The van der Waals surface area contributed by atoms with Crippen molar-refractivity contribution in [3.8, 4) is 5.75 Å². The molecule has 3 rings (SSSR count). The number of hydrogen-bond acceptors (Lipinski definition) is 9. The smallest absolute Gasteiger partial charge is 0.270 e. The number of rotatable bonds is 9. The molecule has 2 amide bonds. The lowest BCUT2D eigenvalue weighted by Gasteiger charge is -2.24. The van der Waals surface area contributed by atoms with E-state index in [2.05, 4.69) is 26.3 Å². The van der Waals surface area contributed by atoms with Crippen LogP contribution in [0.2, 0.25) is 0 Å². The summed E-state index contributed by atoms with van der Waals surface area (Å²) in [5, 5.41) is 16.9. The van der Waals surface area contributed by atoms with Crippen molar-refractivity contribution in [1.82, 2.24) is 16.3 Å².